The molecule has 7 heteroatoms. The van der Waals surface area contributed by atoms with Crippen molar-refractivity contribution in [3.8, 4) is 0 Å². The van der Waals surface area contributed by atoms with Crippen LogP contribution in [0.3, 0.4) is 0 Å². The lowest BCUT2D eigenvalue weighted by Gasteiger charge is -2.28. The Bertz CT molecular complexity index is 509. The predicted octanol–water partition coefficient (Wildman–Crippen LogP) is 0.811. The Morgan fingerprint density at radius 1 is 1.39 bits per heavy atom. The lowest BCUT2D eigenvalue weighted by atomic mass is 10.1. The number of carboxylic acids is 1. The van der Waals surface area contributed by atoms with Crippen molar-refractivity contribution >= 4 is 16.8 Å². The molecule has 0 aromatic heterocycles. The molecule has 0 bridgehead atoms. The Hall–Kier alpha value is -1.34. The van der Waals surface area contributed by atoms with Crippen molar-refractivity contribution in [1.82, 2.24) is 5.32 Å². The van der Waals surface area contributed by atoms with Crippen LogP contribution in [0.2, 0.25) is 0 Å². The van der Waals surface area contributed by atoms with E-state index in [9.17, 15) is 17.8 Å². The monoisotopic (exact) mass is 275 g/mol. The van der Waals surface area contributed by atoms with Gasteiger partial charge in [0.1, 0.15) is 6.04 Å². The van der Waals surface area contributed by atoms with Crippen molar-refractivity contribution in [2.24, 2.45) is 0 Å². The van der Waals surface area contributed by atoms with Gasteiger partial charge in [-0.25, -0.2) is 8.78 Å². The molecule has 2 N–H and O–H groups in total. The highest BCUT2D eigenvalue weighted by Gasteiger charge is 2.32. The average molecular weight is 275 g/mol. The van der Waals surface area contributed by atoms with E-state index in [1.54, 1.807) is 0 Å². The van der Waals surface area contributed by atoms with E-state index >= 15 is 0 Å². The molecule has 0 saturated carbocycles. The van der Waals surface area contributed by atoms with Crippen LogP contribution in [-0.2, 0) is 15.6 Å². The van der Waals surface area contributed by atoms with Gasteiger partial charge in [0, 0.05) is 33.9 Å². The van der Waals surface area contributed by atoms with Gasteiger partial charge in [-0.05, 0) is 6.07 Å². The minimum absolute atomic E-state index is 0.00861. The number of hydrogen-bond acceptors (Lipinski definition) is 3. The Kier molecular flexibility index (Phi) is 3.72. The topological polar surface area (TPSA) is 66.4 Å². The minimum Gasteiger partial charge on any atom is -0.480 e. The summed E-state index contributed by atoms with van der Waals surface area (Å²) in [6.07, 6.45) is 0. The van der Waals surface area contributed by atoms with Crippen molar-refractivity contribution < 1.29 is 22.9 Å². The number of halogens is 2. The zero-order chi connectivity index (χ0) is 13.3. The fourth-order valence-corrected chi connectivity index (χ4v) is 3.28. The van der Waals surface area contributed by atoms with E-state index in [1.807, 2.05) is 0 Å². The minimum atomic E-state index is -1.37. The summed E-state index contributed by atoms with van der Waals surface area (Å²) in [7, 11) is -1.37. The van der Waals surface area contributed by atoms with Gasteiger partial charge in [-0.1, -0.05) is 12.1 Å². The van der Waals surface area contributed by atoms with E-state index in [-0.39, 0.29) is 17.1 Å². The zero-order valence-corrected chi connectivity index (χ0v) is 10.0. The third kappa shape index (κ3) is 2.56. The second kappa shape index (κ2) is 5.11. The third-order valence-corrected chi connectivity index (χ3v) is 4.17. The summed E-state index contributed by atoms with van der Waals surface area (Å²) in [6.45, 7) is 0. The van der Waals surface area contributed by atoms with Gasteiger partial charge < -0.3 is 5.11 Å². The van der Waals surface area contributed by atoms with E-state index in [4.69, 9.17) is 5.11 Å². The number of nitrogens with one attached hydrogen (secondary N) is 1. The summed E-state index contributed by atoms with van der Waals surface area (Å²) in [5.41, 5.74) is 0.00861. The van der Waals surface area contributed by atoms with E-state index in [2.05, 4.69) is 5.32 Å². The second-order valence-corrected chi connectivity index (χ2v) is 5.57. The standard InChI is InChI=1S/C11H11F2NO3S/c12-7-3-1-2-6(10(7)13)8-4-18(17)5-9(14-8)11(15)16/h1-3,8-9,14H,4-5H2,(H,15,16). The molecule has 0 aliphatic carbocycles. The second-order valence-electron chi connectivity index (χ2n) is 4.03. The molecule has 0 spiro atoms. The van der Waals surface area contributed by atoms with Crippen LogP contribution in [0.4, 0.5) is 8.78 Å². The molecule has 1 heterocycles. The van der Waals surface area contributed by atoms with Crippen LogP contribution in [-0.4, -0.2) is 32.8 Å². The third-order valence-electron chi connectivity index (χ3n) is 2.76. The molecule has 3 unspecified atom stereocenters. The first kappa shape index (κ1) is 13.1. The Morgan fingerprint density at radius 3 is 2.78 bits per heavy atom. The highest BCUT2D eigenvalue weighted by molar-refractivity contribution is 7.85. The first-order valence-corrected chi connectivity index (χ1v) is 6.75. The van der Waals surface area contributed by atoms with Gasteiger partial charge >= 0.3 is 5.97 Å². The van der Waals surface area contributed by atoms with E-state index in [1.165, 1.54) is 12.1 Å². The number of benzene rings is 1. The number of hydrogen-bond donors (Lipinski definition) is 2. The van der Waals surface area contributed by atoms with Crippen molar-refractivity contribution in [2.75, 3.05) is 11.5 Å². The fourth-order valence-electron chi connectivity index (χ4n) is 1.89. The van der Waals surface area contributed by atoms with Gasteiger partial charge in [0.05, 0.1) is 0 Å². The molecule has 3 atom stereocenters. The van der Waals surface area contributed by atoms with Crippen LogP contribution in [0, 0.1) is 11.6 Å². The summed E-state index contributed by atoms with van der Waals surface area (Å²) < 4.78 is 38.2. The van der Waals surface area contributed by atoms with Gasteiger partial charge in [0.2, 0.25) is 0 Å². The van der Waals surface area contributed by atoms with Crippen LogP contribution in [0.15, 0.2) is 18.2 Å². The molecule has 4 nitrogen and oxygen atoms in total. The molecule has 0 amide bonds. The normalized spacial score (nSPS) is 28.0. The van der Waals surface area contributed by atoms with Crippen molar-refractivity contribution in [3.05, 3.63) is 35.4 Å². The molecular formula is C11H11F2NO3S. The molecule has 1 fully saturated rings. The summed E-state index contributed by atoms with van der Waals surface area (Å²) in [6, 6.07) is 1.91. The SMILES string of the molecule is O=C(O)C1CS(=O)CC(c2cccc(F)c2F)N1. The fraction of sp³-hybridized carbons (Fsp3) is 0.364. The van der Waals surface area contributed by atoms with Crippen molar-refractivity contribution in [3.63, 3.8) is 0 Å². The van der Waals surface area contributed by atoms with E-state index < -0.39 is 40.5 Å². The van der Waals surface area contributed by atoms with Crippen LogP contribution in [0.5, 0.6) is 0 Å². The first-order chi connectivity index (χ1) is 8.49. The molecule has 2 rings (SSSR count). The highest BCUT2D eigenvalue weighted by Crippen LogP contribution is 2.23. The van der Waals surface area contributed by atoms with Gasteiger partial charge in [-0.2, -0.15) is 0 Å². The smallest absolute Gasteiger partial charge is 0.321 e. The number of carboxylic acid groups (broad SMARTS) is 1. The first-order valence-electron chi connectivity index (χ1n) is 5.26. The van der Waals surface area contributed by atoms with E-state index in [0.29, 0.717) is 0 Å². The van der Waals surface area contributed by atoms with Gasteiger partial charge in [-0.15, -0.1) is 0 Å². The molecule has 1 saturated heterocycles. The van der Waals surface area contributed by atoms with Crippen molar-refractivity contribution in [2.45, 2.75) is 12.1 Å². The number of carbonyl (C=O) groups is 1. The Morgan fingerprint density at radius 2 is 2.11 bits per heavy atom. The molecular weight excluding hydrogens is 264 g/mol. The molecule has 18 heavy (non-hydrogen) atoms. The molecule has 1 aromatic carbocycles. The number of rotatable bonds is 2. The van der Waals surface area contributed by atoms with Crippen LogP contribution in [0.25, 0.3) is 0 Å². The average Bonchev–Trinajstić information content (AvgIpc) is 2.31. The van der Waals surface area contributed by atoms with Crippen LogP contribution >= 0.6 is 0 Å². The summed E-state index contributed by atoms with van der Waals surface area (Å²) in [5.74, 6) is -3.13. The van der Waals surface area contributed by atoms with Crippen LogP contribution < -0.4 is 5.32 Å². The zero-order valence-electron chi connectivity index (χ0n) is 9.23. The van der Waals surface area contributed by atoms with E-state index in [0.717, 1.165) is 6.07 Å². The van der Waals surface area contributed by atoms with Crippen LogP contribution in [0.1, 0.15) is 11.6 Å². The van der Waals surface area contributed by atoms with Gasteiger partial charge in [-0.3, -0.25) is 14.3 Å². The van der Waals surface area contributed by atoms with Gasteiger partial charge in [0.25, 0.3) is 0 Å². The maximum atomic E-state index is 13.6. The molecule has 1 aliphatic rings. The molecule has 1 aromatic rings. The lowest BCUT2D eigenvalue weighted by Crippen LogP contribution is -2.49. The van der Waals surface area contributed by atoms with Gasteiger partial charge in [0.15, 0.2) is 11.6 Å². The van der Waals surface area contributed by atoms with Crippen molar-refractivity contribution in [1.29, 1.82) is 0 Å². The quantitative estimate of drug-likeness (QED) is 0.838. The Balaban J connectivity index is 2.29. The lowest BCUT2D eigenvalue weighted by molar-refractivity contribution is -0.139. The highest BCUT2D eigenvalue weighted by atomic mass is 32.2. The Labute approximate surface area is 104 Å². The predicted molar refractivity (Wildman–Crippen MR) is 61.5 cm³/mol. The number of aliphatic carboxylic acids is 1. The summed E-state index contributed by atoms with van der Waals surface area (Å²) >= 11 is 0. The maximum Gasteiger partial charge on any atom is 0.321 e. The maximum absolute atomic E-state index is 13.6. The molecule has 1 aliphatic heterocycles. The summed E-state index contributed by atoms with van der Waals surface area (Å²) in [4.78, 5) is 10.9. The summed E-state index contributed by atoms with van der Waals surface area (Å²) in [5, 5.41) is 11.5. The molecule has 0 radical (unpaired) electrons. The molecule has 98 valence electrons. The largest absolute Gasteiger partial charge is 0.480 e.